The van der Waals surface area contributed by atoms with Gasteiger partial charge >= 0.3 is 0 Å². The Morgan fingerprint density at radius 3 is 2.55 bits per heavy atom. The van der Waals surface area contributed by atoms with Crippen LogP contribution < -0.4 is 5.32 Å². The fourth-order valence-electron chi connectivity index (χ4n) is 1.29. The molecule has 3 atom stereocenters. The van der Waals surface area contributed by atoms with Crippen LogP contribution in [0.1, 0.15) is 6.42 Å². The van der Waals surface area contributed by atoms with Crippen LogP contribution in [-0.2, 0) is 0 Å². The van der Waals surface area contributed by atoms with Crippen molar-refractivity contribution in [2.24, 2.45) is 5.92 Å². The van der Waals surface area contributed by atoms with E-state index in [1.807, 2.05) is 0 Å². The lowest BCUT2D eigenvalue weighted by molar-refractivity contribution is 0.0137. The van der Waals surface area contributed by atoms with Crippen molar-refractivity contribution in [3.8, 4) is 0 Å². The number of hydrogen-bond donors (Lipinski definition) is 4. The molecule has 0 aromatic heterocycles. The van der Waals surface area contributed by atoms with Gasteiger partial charge in [0.05, 0.1) is 12.2 Å². The molecule has 0 aromatic carbocycles. The molecule has 0 radical (unpaired) electrons. The lowest BCUT2D eigenvalue weighted by atomic mass is 10.0. The molecule has 4 nitrogen and oxygen atoms in total. The first-order chi connectivity index (χ1) is 5.24. The van der Waals surface area contributed by atoms with Gasteiger partial charge in [-0.25, -0.2) is 0 Å². The van der Waals surface area contributed by atoms with Crippen molar-refractivity contribution >= 4 is 0 Å². The highest BCUT2D eigenvalue weighted by Crippen LogP contribution is 2.11. The van der Waals surface area contributed by atoms with Crippen LogP contribution in [0.25, 0.3) is 0 Å². The van der Waals surface area contributed by atoms with Crippen LogP contribution in [0.5, 0.6) is 0 Å². The Labute approximate surface area is 65.9 Å². The summed E-state index contributed by atoms with van der Waals surface area (Å²) in [7, 11) is 0. The van der Waals surface area contributed by atoms with Crippen LogP contribution in [-0.4, -0.2) is 47.2 Å². The van der Waals surface area contributed by atoms with Crippen LogP contribution in [0.3, 0.4) is 0 Å². The predicted octanol–water partition coefficient (Wildman–Crippen LogP) is -1.69. The minimum absolute atomic E-state index is 0.0663. The van der Waals surface area contributed by atoms with Gasteiger partial charge in [-0.1, -0.05) is 0 Å². The Kier molecular flexibility index (Phi) is 3.26. The predicted molar refractivity (Wildman–Crippen MR) is 40.1 cm³/mol. The average molecular weight is 161 g/mol. The van der Waals surface area contributed by atoms with E-state index in [9.17, 15) is 10.2 Å². The van der Waals surface area contributed by atoms with E-state index in [0.29, 0.717) is 19.5 Å². The lowest BCUT2D eigenvalue weighted by Crippen LogP contribution is -2.32. The fourth-order valence-corrected chi connectivity index (χ4v) is 1.29. The smallest absolute Gasteiger partial charge is 0.0923 e. The van der Waals surface area contributed by atoms with Gasteiger partial charge in [-0.15, -0.1) is 0 Å². The average Bonchev–Trinajstić information content (AvgIpc) is 2.15. The maximum Gasteiger partial charge on any atom is 0.0923 e. The third-order valence-corrected chi connectivity index (χ3v) is 2.06. The molecular weight excluding hydrogens is 146 g/mol. The SMILES string of the molecule is OC[C@H]1CNC[C@@H](O)[C@@H](O)C1. The number of nitrogens with one attached hydrogen (secondary N) is 1. The molecule has 0 saturated carbocycles. The van der Waals surface area contributed by atoms with Gasteiger partial charge in [-0.2, -0.15) is 0 Å². The fraction of sp³-hybridized carbons (Fsp3) is 1.00. The van der Waals surface area contributed by atoms with Crippen molar-refractivity contribution in [3.05, 3.63) is 0 Å². The van der Waals surface area contributed by atoms with E-state index in [-0.39, 0.29) is 12.5 Å². The molecule has 1 saturated heterocycles. The van der Waals surface area contributed by atoms with Gasteiger partial charge in [-0.05, 0) is 12.3 Å². The molecule has 0 spiro atoms. The summed E-state index contributed by atoms with van der Waals surface area (Å²) in [4.78, 5) is 0. The number of hydrogen-bond acceptors (Lipinski definition) is 4. The van der Waals surface area contributed by atoms with Gasteiger partial charge in [-0.3, -0.25) is 0 Å². The van der Waals surface area contributed by atoms with Crippen LogP contribution >= 0.6 is 0 Å². The molecule has 4 heteroatoms. The molecule has 0 aromatic rings. The Morgan fingerprint density at radius 1 is 1.18 bits per heavy atom. The Bertz CT molecular complexity index is 120. The molecule has 0 bridgehead atoms. The number of rotatable bonds is 1. The highest BCUT2D eigenvalue weighted by molar-refractivity contribution is 4.78. The highest BCUT2D eigenvalue weighted by Gasteiger charge is 2.23. The second-order valence-corrected chi connectivity index (χ2v) is 3.08. The molecule has 1 aliphatic rings. The summed E-state index contributed by atoms with van der Waals surface area (Å²) in [5, 5.41) is 30.2. The second-order valence-electron chi connectivity index (χ2n) is 3.08. The molecule has 11 heavy (non-hydrogen) atoms. The topological polar surface area (TPSA) is 72.7 Å². The molecule has 0 unspecified atom stereocenters. The Balaban J connectivity index is 2.41. The van der Waals surface area contributed by atoms with E-state index in [1.165, 1.54) is 0 Å². The summed E-state index contributed by atoms with van der Waals surface area (Å²) in [6.45, 7) is 1.15. The number of β-amino-alcohol motifs (C(OH)–C–C–N with tert-alkyl or cyclic N) is 1. The van der Waals surface area contributed by atoms with Crippen molar-refractivity contribution in [1.29, 1.82) is 0 Å². The van der Waals surface area contributed by atoms with Gasteiger partial charge in [0.25, 0.3) is 0 Å². The summed E-state index contributed by atoms with van der Waals surface area (Å²) in [5.74, 6) is 0.0714. The van der Waals surface area contributed by atoms with Gasteiger partial charge < -0.3 is 20.6 Å². The van der Waals surface area contributed by atoms with E-state index in [0.717, 1.165) is 0 Å². The number of aliphatic hydroxyl groups is 3. The second kappa shape index (κ2) is 4.01. The standard InChI is InChI=1S/C7H15NO3/c9-4-5-1-6(10)7(11)3-8-2-5/h5-11H,1-4H2/t5-,6+,7-/m1/s1. The zero-order valence-corrected chi connectivity index (χ0v) is 6.40. The first kappa shape index (κ1) is 8.93. The van der Waals surface area contributed by atoms with E-state index in [4.69, 9.17) is 5.11 Å². The summed E-state index contributed by atoms with van der Waals surface area (Å²) in [5.41, 5.74) is 0. The van der Waals surface area contributed by atoms with Crippen molar-refractivity contribution in [1.82, 2.24) is 5.32 Å². The van der Waals surface area contributed by atoms with E-state index in [2.05, 4.69) is 5.32 Å². The first-order valence-corrected chi connectivity index (χ1v) is 3.91. The zero-order chi connectivity index (χ0) is 8.27. The molecule has 0 aliphatic carbocycles. The lowest BCUT2D eigenvalue weighted by Gasteiger charge is -2.15. The molecule has 1 rings (SSSR count). The molecule has 66 valence electrons. The molecule has 1 heterocycles. The quantitative estimate of drug-likeness (QED) is 0.370. The highest BCUT2D eigenvalue weighted by atomic mass is 16.3. The molecular formula is C7H15NO3. The van der Waals surface area contributed by atoms with Crippen LogP contribution in [0.15, 0.2) is 0 Å². The van der Waals surface area contributed by atoms with Crippen LogP contribution in [0, 0.1) is 5.92 Å². The normalized spacial score (nSPS) is 40.1. The number of aliphatic hydroxyl groups excluding tert-OH is 3. The maximum atomic E-state index is 9.26. The Hall–Kier alpha value is -0.160. The van der Waals surface area contributed by atoms with Gasteiger partial charge in [0, 0.05) is 19.7 Å². The van der Waals surface area contributed by atoms with Crippen molar-refractivity contribution in [2.75, 3.05) is 19.7 Å². The molecule has 1 fully saturated rings. The Morgan fingerprint density at radius 2 is 1.91 bits per heavy atom. The van der Waals surface area contributed by atoms with Crippen LogP contribution in [0.2, 0.25) is 0 Å². The summed E-state index contributed by atoms with van der Waals surface area (Å²) in [6.07, 6.45) is -0.904. The van der Waals surface area contributed by atoms with Gasteiger partial charge in [0.1, 0.15) is 0 Å². The monoisotopic (exact) mass is 161 g/mol. The largest absolute Gasteiger partial charge is 0.396 e. The van der Waals surface area contributed by atoms with Crippen LogP contribution in [0.4, 0.5) is 0 Å². The summed E-state index contributed by atoms with van der Waals surface area (Å²) >= 11 is 0. The minimum Gasteiger partial charge on any atom is -0.396 e. The maximum absolute atomic E-state index is 9.26. The molecule has 0 amide bonds. The summed E-state index contributed by atoms with van der Waals surface area (Å²) in [6, 6.07) is 0. The molecule has 1 aliphatic heterocycles. The third kappa shape index (κ3) is 2.41. The first-order valence-electron chi connectivity index (χ1n) is 3.91. The van der Waals surface area contributed by atoms with E-state index < -0.39 is 12.2 Å². The van der Waals surface area contributed by atoms with Gasteiger partial charge in [0.15, 0.2) is 0 Å². The minimum atomic E-state index is -0.692. The van der Waals surface area contributed by atoms with Crippen molar-refractivity contribution in [3.63, 3.8) is 0 Å². The van der Waals surface area contributed by atoms with Gasteiger partial charge in [0.2, 0.25) is 0 Å². The van der Waals surface area contributed by atoms with E-state index >= 15 is 0 Å². The van der Waals surface area contributed by atoms with E-state index in [1.54, 1.807) is 0 Å². The summed E-state index contributed by atoms with van der Waals surface area (Å²) < 4.78 is 0. The zero-order valence-electron chi connectivity index (χ0n) is 6.40. The van der Waals surface area contributed by atoms with Crippen molar-refractivity contribution < 1.29 is 15.3 Å². The van der Waals surface area contributed by atoms with Crippen molar-refractivity contribution in [2.45, 2.75) is 18.6 Å². The third-order valence-electron chi connectivity index (χ3n) is 2.06. The molecule has 4 N–H and O–H groups in total.